The van der Waals surface area contributed by atoms with Crippen molar-refractivity contribution in [3.05, 3.63) is 28.8 Å². The molecule has 1 aliphatic heterocycles. The molecule has 1 aliphatic rings. The van der Waals surface area contributed by atoms with Crippen molar-refractivity contribution in [1.29, 1.82) is 0 Å². The van der Waals surface area contributed by atoms with E-state index >= 15 is 0 Å². The van der Waals surface area contributed by atoms with E-state index in [-0.39, 0.29) is 12.5 Å². The Morgan fingerprint density at radius 3 is 2.76 bits per heavy atom. The Bertz CT molecular complexity index is 457. The number of carbonyl (C=O) groups excluding carboxylic acids is 1. The minimum Gasteiger partial charge on any atom is -0.396 e. The van der Waals surface area contributed by atoms with Gasteiger partial charge in [0.05, 0.1) is 5.69 Å². The van der Waals surface area contributed by atoms with E-state index in [0.29, 0.717) is 13.0 Å². The molecule has 92 valence electrons. The smallest absolute Gasteiger partial charge is 0.248 e. The fraction of sp³-hybridized carbons (Fsp3) is 0.462. The van der Waals surface area contributed by atoms with Crippen molar-refractivity contribution < 1.29 is 9.90 Å². The molecule has 1 heterocycles. The van der Waals surface area contributed by atoms with Crippen LogP contribution in [0.1, 0.15) is 29.2 Å². The van der Waals surface area contributed by atoms with Crippen molar-refractivity contribution in [2.75, 3.05) is 18.1 Å². The topological polar surface area (TPSA) is 66.6 Å². The van der Waals surface area contributed by atoms with Crippen molar-refractivity contribution in [2.24, 2.45) is 5.73 Å². The minimum absolute atomic E-state index is 0.0675. The molecule has 1 unspecified atom stereocenters. The maximum Gasteiger partial charge on any atom is 0.248 e. The third-order valence-electron chi connectivity index (χ3n) is 3.41. The number of aliphatic hydroxyl groups is 1. The molecule has 0 aromatic heterocycles. The maximum absolute atomic E-state index is 12.1. The Balaban J connectivity index is 2.46. The monoisotopic (exact) mass is 234 g/mol. The van der Waals surface area contributed by atoms with Crippen LogP contribution in [0.2, 0.25) is 0 Å². The number of carbonyl (C=O) groups is 1. The average molecular weight is 234 g/mol. The number of amides is 1. The van der Waals surface area contributed by atoms with Crippen LogP contribution in [-0.2, 0) is 4.79 Å². The summed E-state index contributed by atoms with van der Waals surface area (Å²) in [5, 5.41) is 8.88. The normalized spacial score (nSPS) is 18.7. The molecular formula is C13H18N2O2. The highest BCUT2D eigenvalue weighted by Crippen LogP contribution is 2.38. The van der Waals surface area contributed by atoms with Gasteiger partial charge in [0.15, 0.2) is 0 Å². The molecule has 2 rings (SSSR count). The molecule has 17 heavy (non-hydrogen) atoms. The summed E-state index contributed by atoms with van der Waals surface area (Å²) in [5.74, 6) is -0.0675. The first-order valence-corrected chi connectivity index (χ1v) is 5.86. The first-order chi connectivity index (χ1) is 8.07. The van der Waals surface area contributed by atoms with Crippen LogP contribution in [0.5, 0.6) is 0 Å². The second kappa shape index (κ2) is 4.47. The van der Waals surface area contributed by atoms with Crippen LogP contribution >= 0.6 is 0 Å². The Morgan fingerprint density at radius 2 is 2.12 bits per heavy atom. The van der Waals surface area contributed by atoms with Crippen LogP contribution in [0.15, 0.2) is 12.1 Å². The van der Waals surface area contributed by atoms with Crippen LogP contribution in [-0.4, -0.2) is 24.2 Å². The molecule has 0 aliphatic carbocycles. The summed E-state index contributed by atoms with van der Waals surface area (Å²) in [6, 6.07) is 3.37. The van der Waals surface area contributed by atoms with E-state index in [9.17, 15) is 4.79 Å². The van der Waals surface area contributed by atoms with Gasteiger partial charge in [0.2, 0.25) is 5.91 Å². The van der Waals surface area contributed by atoms with Crippen LogP contribution in [0, 0.1) is 13.8 Å². The predicted molar refractivity (Wildman–Crippen MR) is 66.9 cm³/mol. The standard InChI is InChI=1S/C13H18N2O2/c1-8-4-5-10-11(14)13(17)15(6-3-7-16)12(10)9(8)2/h4-5,11,16H,3,6-7,14H2,1-2H3. The quantitative estimate of drug-likeness (QED) is 0.821. The average Bonchev–Trinajstić information content (AvgIpc) is 2.56. The lowest BCUT2D eigenvalue weighted by Crippen LogP contribution is -2.33. The van der Waals surface area contributed by atoms with Gasteiger partial charge in [-0.25, -0.2) is 0 Å². The second-order valence-electron chi connectivity index (χ2n) is 4.49. The molecule has 0 spiro atoms. The number of aryl methyl sites for hydroxylation is 1. The number of rotatable bonds is 3. The molecule has 1 aromatic carbocycles. The van der Waals surface area contributed by atoms with E-state index in [4.69, 9.17) is 10.8 Å². The lowest BCUT2D eigenvalue weighted by atomic mass is 10.0. The van der Waals surface area contributed by atoms with Crippen molar-refractivity contribution in [2.45, 2.75) is 26.3 Å². The molecule has 0 saturated carbocycles. The van der Waals surface area contributed by atoms with Crippen LogP contribution < -0.4 is 10.6 Å². The van der Waals surface area contributed by atoms with Crippen molar-refractivity contribution in [1.82, 2.24) is 0 Å². The Morgan fingerprint density at radius 1 is 1.41 bits per heavy atom. The summed E-state index contributed by atoms with van der Waals surface area (Å²) in [5.41, 5.74) is 10.0. The van der Waals surface area contributed by atoms with Gasteiger partial charge in [0.1, 0.15) is 6.04 Å². The summed E-state index contributed by atoms with van der Waals surface area (Å²) in [7, 11) is 0. The summed E-state index contributed by atoms with van der Waals surface area (Å²) < 4.78 is 0. The van der Waals surface area contributed by atoms with Gasteiger partial charge >= 0.3 is 0 Å². The van der Waals surface area contributed by atoms with Crippen molar-refractivity contribution in [3.8, 4) is 0 Å². The Hall–Kier alpha value is -1.39. The second-order valence-corrected chi connectivity index (χ2v) is 4.49. The van der Waals surface area contributed by atoms with E-state index in [1.165, 1.54) is 0 Å². The number of hydrogen-bond donors (Lipinski definition) is 2. The highest BCUT2D eigenvalue weighted by Gasteiger charge is 2.35. The third kappa shape index (κ3) is 1.83. The fourth-order valence-electron chi connectivity index (χ4n) is 2.29. The van der Waals surface area contributed by atoms with E-state index in [2.05, 4.69) is 0 Å². The molecule has 1 amide bonds. The zero-order valence-electron chi connectivity index (χ0n) is 10.2. The molecular weight excluding hydrogens is 216 g/mol. The zero-order valence-corrected chi connectivity index (χ0v) is 10.2. The van der Waals surface area contributed by atoms with Crippen LogP contribution in [0.4, 0.5) is 5.69 Å². The van der Waals surface area contributed by atoms with E-state index in [1.54, 1.807) is 4.90 Å². The molecule has 0 bridgehead atoms. The molecule has 0 radical (unpaired) electrons. The van der Waals surface area contributed by atoms with E-state index < -0.39 is 6.04 Å². The summed E-state index contributed by atoms with van der Waals surface area (Å²) in [6.45, 7) is 4.64. The van der Waals surface area contributed by atoms with E-state index in [1.807, 2.05) is 26.0 Å². The minimum atomic E-state index is -0.553. The van der Waals surface area contributed by atoms with Gasteiger partial charge in [-0.15, -0.1) is 0 Å². The molecule has 1 atom stereocenters. The first kappa shape index (κ1) is 12.1. The van der Waals surface area contributed by atoms with Gasteiger partial charge in [0, 0.05) is 18.7 Å². The largest absolute Gasteiger partial charge is 0.396 e. The van der Waals surface area contributed by atoms with Gasteiger partial charge in [-0.05, 0) is 31.4 Å². The number of aliphatic hydroxyl groups excluding tert-OH is 1. The fourth-order valence-corrected chi connectivity index (χ4v) is 2.29. The number of nitrogens with zero attached hydrogens (tertiary/aromatic N) is 1. The number of nitrogens with two attached hydrogens (primary N) is 1. The van der Waals surface area contributed by atoms with Gasteiger partial charge in [-0.2, -0.15) is 0 Å². The SMILES string of the molecule is Cc1ccc2c(c1C)N(CCCO)C(=O)C2N. The molecule has 3 N–H and O–H groups in total. The van der Waals surface area contributed by atoms with Crippen molar-refractivity contribution in [3.63, 3.8) is 0 Å². The maximum atomic E-state index is 12.1. The van der Waals surface area contributed by atoms with Crippen LogP contribution in [0.3, 0.4) is 0 Å². The molecule has 0 fully saturated rings. The van der Waals surface area contributed by atoms with Gasteiger partial charge in [-0.3, -0.25) is 4.79 Å². The molecule has 1 aromatic rings. The highest BCUT2D eigenvalue weighted by atomic mass is 16.3. The third-order valence-corrected chi connectivity index (χ3v) is 3.41. The molecule has 4 nitrogen and oxygen atoms in total. The Kier molecular flexibility index (Phi) is 3.17. The van der Waals surface area contributed by atoms with Crippen LogP contribution in [0.25, 0.3) is 0 Å². The van der Waals surface area contributed by atoms with Crippen molar-refractivity contribution >= 4 is 11.6 Å². The van der Waals surface area contributed by atoms with Gasteiger partial charge < -0.3 is 15.7 Å². The highest BCUT2D eigenvalue weighted by molar-refractivity contribution is 6.05. The lowest BCUT2D eigenvalue weighted by molar-refractivity contribution is -0.119. The summed E-state index contributed by atoms with van der Waals surface area (Å²) >= 11 is 0. The first-order valence-electron chi connectivity index (χ1n) is 5.86. The number of anilines is 1. The van der Waals surface area contributed by atoms with Gasteiger partial charge in [0.25, 0.3) is 0 Å². The number of hydrogen-bond acceptors (Lipinski definition) is 3. The molecule has 4 heteroatoms. The lowest BCUT2D eigenvalue weighted by Gasteiger charge is -2.19. The summed E-state index contributed by atoms with van der Waals surface area (Å²) in [6.07, 6.45) is 0.575. The summed E-state index contributed by atoms with van der Waals surface area (Å²) in [4.78, 5) is 13.8. The number of benzene rings is 1. The zero-order chi connectivity index (χ0) is 12.6. The van der Waals surface area contributed by atoms with Gasteiger partial charge in [-0.1, -0.05) is 12.1 Å². The number of fused-ring (bicyclic) bond motifs is 1. The van der Waals surface area contributed by atoms with E-state index in [0.717, 1.165) is 22.4 Å². The Labute approximate surface area is 101 Å². The predicted octanol–water partition coefficient (Wildman–Crippen LogP) is 1.03. The molecule has 0 saturated heterocycles.